The fourth-order valence-electron chi connectivity index (χ4n) is 1.21. The highest BCUT2D eigenvalue weighted by atomic mass is 32.2. The molecule has 0 saturated heterocycles. The molecule has 17 heavy (non-hydrogen) atoms. The molecule has 94 valence electrons. The molecule has 1 amide bonds. The molecule has 0 spiro atoms. The Bertz CT molecular complexity index is 352. The summed E-state index contributed by atoms with van der Waals surface area (Å²) < 4.78 is 5.03. The minimum atomic E-state index is -0.0131. The number of nitrogens with one attached hydrogen (secondary N) is 1. The van der Waals surface area contributed by atoms with Crippen molar-refractivity contribution in [3.63, 3.8) is 0 Å². The van der Waals surface area contributed by atoms with Crippen molar-refractivity contribution in [1.82, 2.24) is 0 Å². The number of rotatable bonds is 6. The van der Waals surface area contributed by atoms with Gasteiger partial charge >= 0.3 is 0 Å². The van der Waals surface area contributed by atoms with Gasteiger partial charge in [-0.3, -0.25) is 4.79 Å². The lowest BCUT2D eigenvalue weighted by molar-refractivity contribution is -0.113. The van der Waals surface area contributed by atoms with E-state index in [2.05, 4.69) is 5.32 Å². The van der Waals surface area contributed by atoms with Gasteiger partial charge in [0.05, 0.1) is 12.9 Å². The second kappa shape index (κ2) is 7.19. The van der Waals surface area contributed by atoms with Crippen molar-refractivity contribution in [1.29, 1.82) is 0 Å². The fourth-order valence-corrected chi connectivity index (χ4v) is 1.96. The number of ether oxygens (including phenoxy) is 1. The molecular formula is C12H18N2O2S. The Morgan fingerprint density at radius 3 is 2.65 bits per heavy atom. The predicted molar refractivity (Wildman–Crippen MR) is 72.6 cm³/mol. The zero-order valence-corrected chi connectivity index (χ0v) is 10.9. The highest BCUT2D eigenvalue weighted by Crippen LogP contribution is 2.15. The molecule has 3 N–H and O–H groups in total. The van der Waals surface area contributed by atoms with Crippen LogP contribution in [-0.4, -0.2) is 30.6 Å². The van der Waals surface area contributed by atoms with Crippen LogP contribution in [0.4, 0.5) is 5.69 Å². The Labute approximate surface area is 106 Å². The highest BCUT2D eigenvalue weighted by Gasteiger charge is 2.03. The molecule has 0 fully saturated rings. The van der Waals surface area contributed by atoms with Crippen LogP contribution in [0.5, 0.6) is 5.75 Å². The lowest BCUT2D eigenvalue weighted by Crippen LogP contribution is -2.20. The molecule has 0 aliphatic carbocycles. The fraction of sp³-hybridized carbons (Fsp3) is 0.417. The Morgan fingerprint density at radius 1 is 1.47 bits per heavy atom. The Balaban J connectivity index is 2.34. The third-order valence-corrected chi connectivity index (χ3v) is 3.22. The van der Waals surface area contributed by atoms with Gasteiger partial charge < -0.3 is 15.8 Å². The Kier molecular flexibility index (Phi) is 5.86. The van der Waals surface area contributed by atoms with Crippen molar-refractivity contribution in [2.75, 3.05) is 23.9 Å². The van der Waals surface area contributed by atoms with Crippen molar-refractivity contribution in [2.45, 2.75) is 13.0 Å². The number of hydrogen-bond acceptors (Lipinski definition) is 4. The molecule has 1 atom stereocenters. The van der Waals surface area contributed by atoms with E-state index in [0.29, 0.717) is 5.75 Å². The van der Waals surface area contributed by atoms with Crippen LogP contribution >= 0.6 is 11.8 Å². The smallest absolute Gasteiger partial charge is 0.234 e. The molecular weight excluding hydrogens is 236 g/mol. The lowest BCUT2D eigenvalue weighted by atomic mass is 10.3. The zero-order chi connectivity index (χ0) is 12.7. The SMILES string of the molecule is COc1ccc(NC(=O)CSCC(C)N)cc1. The van der Waals surface area contributed by atoms with Crippen LogP contribution in [0, 0.1) is 0 Å². The van der Waals surface area contributed by atoms with E-state index in [1.165, 1.54) is 11.8 Å². The van der Waals surface area contributed by atoms with Crippen molar-refractivity contribution >= 4 is 23.4 Å². The van der Waals surface area contributed by atoms with E-state index >= 15 is 0 Å². The topological polar surface area (TPSA) is 64.3 Å². The maximum absolute atomic E-state index is 11.5. The first-order valence-electron chi connectivity index (χ1n) is 5.39. The quantitative estimate of drug-likeness (QED) is 0.811. The molecule has 0 aromatic heterocycles. The minimum absolute atomic E-state index is 0.0131. The van der Waals surface area contributed by atoms with Crippen LogP contribution in [-0.2, 0) is 4.79 Å². The van der Waals surface area contributed by atoms with Gasteiger partial charge in [-0.25, -0.2) is 0 Å². The van der Waals surface area contributed by atoms with Crippen LogP contribution in [0.25, 0.3) is 0 Å². The molecule has 0 radical (unpaired) electrons. The summed E-state index contributed by atoms with van der Waals surface area (Å²) in [5.41, 5.74) is 6.37. The summed E-state index contributed by atoms with van der Waals surface area (Å²) in [5.74, 6) is 1.97. The number of benzene rings is 1. The van der Waals surface area contributed by atoms with Gasteiger partial charge in [0, 0.05) is 17.5 Å². The predicted octanol–water partition coefficient (Wildman–Crippen LogP) is 1.71. The summed E-state index contributed by atoms with van der Waals surface area (Å²) in [6.45, 7) is 1.92. The van der Waals surface area contributed by atoms with Gasteiger partial charge in [0.2, 0.25) is 5.91 Å². The van der Waals surface area contributed by atoms with Crippen molar-refractivity contribution in [2.24, 2.45) is 5.73 Å². The summed E-state index contributed by atoms with van der Waals surface area (Å²) in [5, 5.41) is 2.81. The second-order valence-corrected chi connectivity index (χ2v) is 4.80. The second-order valence-electron chi connectivity index (χ2n) is 3.77. The monoisotopic (exact) mass is 254 g/mol. The van der Waals surface area contributed by atoms with E-state index in [4.69, 9.17) is 10.5 Å². The Hall–Kier alpha value is -1.20. The average Bonchev–Trinajstić information content (AvgIpc) is 2.29. The van der Waals surface area contributed by atoms with E-state index in [0.717, 1.165) is 17.2 Å². The van der Waals surface area contributed by atoms with E-state index in [1.54, 1.807) is 7.11 Å². The maximum Gasteiger partial charge on any atom is 0.234 e. The highest BCUT2D eigenvalue weighted by molar-refractivity contribution is 8.00. The lowest BCUT2D eigenvalue weighted by Gasteiger charge is -2.07. The molecule has 1 aromatic carbocycles. The average molecular weight is 254 g/mol. The van der Waals surface area contributed by atoms with E-state index in [9.17, 15) is 4.79 Å². The molecule has 4 nitrogen and oxygen atoms in total. The van der Waals surface area contributed by atoms with Gasteiger partial charge in [-0.05, 0) is 31.2 Å². The van der Waals surface area contributed by atoms with Crippen molar-refractivity contribution in [3.8, 4) is 5.75 Å². The van der Waals surface area contributed by atoms with Gasteiger partial charge in [-0.15, -0.1) is 0 Å². The molecule has 0 bridgehead atoms. The molecule has 5 heteroatoms. The third kappa shape index (κ3) is 5.60. The number of carbonyl (C=O) groups is 1. The van der Waals surface area contributed by atoms with Gasteiger partial charge in [0.25, 0.3) is 0 Å². The van der Waals surface area contributed by atoms with Gasteiger partial charge in [0.1, 0.15) is 5.75 Å². The molecule has 0 aliphatic rings. The summed E-state index contributed by atoms with van der Waals surface area (Å²) in [6.07, 6.45) is 0. The first kappa shape index (κ1) is 13.9. The molecule has 1 aromatic rings. The summed E-state index contributed by atoms with van der Waals surface area (Å²) >= 11 is 1.53. The molecule has 0 heterocycles. The number of hydrogen-bond donors (Lipinski definition) is 2. The van der Waals surface area contributed by atoms with Crippen molar-refractivity contribution in [3.05, 3.63) is 24.3 Å². The number of methoxy groups -OCH3 is 1. The summed E-state index contributed by atoms with van der Waals surface area (Å²) in [6, 6.07) is 7.36. The normalized spacial score (nSPS) is 11.9. The van der Waals surface area contributed by atoms with Gasteiger partial charge in [-0.1, -0.05) is 0 Å². The van der Waals surface area contributed by atoms with Crippen molar-refractivity contribution < 1.29 is 9.53 Å². The first-order chi connectivity index (χ1) is 8.11. The van der Waals surface area contributed by atoms with Crippen LogP contribution in [0.2, 0.25) is 0 Å². The summed E-state index contributed by atoms with van der Waals surface area (Å²) in [4.78, 5) is 11.5. The van der Waals surface area contributed by atoms with E-state index < -0.39 is 0 Å². The Morgan fingerprint density at radius 2 is 2.12 bits per heavy atom. The van der Waals surface area contributed by atoms with E-state index in [1.807, 2.05) is 31.2 Å². The molecule has 0 saturated carbocycles. The number of anilines is 1. The number of nitrogens with two attached hydrogens (primary N) is 1. The van der Waals surface area contributed by atoms with E-state index in [-0.39, 0.29) is 11.9 Å². The van der Waals surface area contributed by atoms with Crippen LogP contribution in [0.3, 0.4) is 0 Å². The number of thioether (sulfide) groups is 1. The molecule has 1 rings (SSSR count). The zero-order valence-electron chi connectivity index (χ0n) is 10.1. The van der Waals surface area contributed by atoms with Crippen LogP contribution in [0.15, 0.2) is 24.3 Å². The molecule has 0 aliphatic heterocycles. The largest absolute Gasteiger partial charge is 0.497 e. The number of carbonyl (C=O) groups excluding carboxylic acids is 1. The van der Waals surface area contributed by atoms with Gasteiger partial charge in [0.15, 0.2) is 0 Å². The standard InChI is InChI=1S/C12H18N2O2S/c1-9(13)7-17-8-12(15)14-10-3-5-11(16-2)6-4-10/h3-6,9H,7-8,13H2,1-2H3,(H,14,15). The molecule has 1 unspecified atom stereocenters. The van der Waals surface area contributed by atoms with Crippen LogP contribution in [0.1, 0.15) is 6.92 Å². The number of amides is 1. The summed E-state index contributed by atoms with van der Waals surface area (Å²) in [7, 11) is 1.61. The maximum atomic E-state index is 11.5. The minimum Gasteiger partial charge on any atom is -0.497 e. The van der Waals surface area contributed by atoms with Crippen LogP contribution < -0.4 is 15.8 Å². The third-order valence-electron chi connectivity index (χ3n) is 1.99. The van der Waals surface area contributed by atoms with Gasteiger partial charge in [-0.2, -0.15) is 11.8 Å². The first-order valence-corrected chi connectivity index (χ1v) is 6.54.